The Hall–Kier alpha value is -1.31. The van der Waals surface area contributed by atoms with Gasteiger partial charge in [0.05, 0.1) is 0 Å². The van der Waals surface area contributed by atoms with E-state index >= 15 is 0 Å². The number of rotatable bonds is 1. The summed E-state index contributed by atoms with van der Waals surface area (Å²) in [5.74, 6) is 0. The molecule has 0 amide bonds. The monoisotopic (exact) mass is 179 g/mol. The second kappa shape index (κ2) is 6.23. The second-order valence-electron chi connectivity index (χ2n) is 2.97. The van der Waals surface area contributed by atoms with Gasteiger partial charge < -0.3 is 9.69 Å². The molecule has 2 heteroatoms. The molecule has 0 bridgehead atoms. The highest BCUT2D eigenvalue weighted by atomic mass is 16.1. The van der Waals surface area contributed by atoms with Crippen LogP contribution in [0.3, 0.4) is 0 Å². The van der Waals surface area contributed by atoms with Gasteiger partial charge >= 0.3 is 0 Å². The molecule has 1 aromatic rings. The van der Waals surface area contributed by atoms with Gasteiger partial charge in [0, 0.05) is 19.8 Å². The molecule has 2 nitrogen and oxygen atoms in total. The smallest absolute Gasteiger partial charge is 0.116 e. The lowest BCUT2D eigenvalue weighted by atomic mass is 10.2. The zero-order valence-corrected chi connectivity index (χ0v) is 8.74. The third-order valence-electron chi connectivity index (χ3n) is 1.55. The van der Waals surface area contributed by atoms with Crippen molar-refractivity contribution in [2.24, 2.45) is 0 Å². The fourth-order valence-electron chi connectivity index (χ4n) is 0.843. The first-order valence-electron chi connectivity index (χ1n) is 4.25. The van der Waals surface area contributed by atoms with Gasteiger partial charge in [0.1, 0.15) is 6.29 Å². The summed E-state index contributed by atoms with van der Waals surface area (Å²) in [5.41, 5.74) is 2.57. The van der Waals surface area contributed by atoms with Crippen molar-refractivity contribution in [3.05, 3.63) is 29.8 Å². The quantitative estimate of drug-likeness (QED) is 0.616. The molecular weight excluding hydrogens is 162 g/mol. The highest BCUT2D eigenvalue weighted by molar-refractivity contribution is 5.45. The van der Waals surface area contributed by atoms with Crippen molar-refractivity contribution in [2.75, 3.05) is 19.0 Å². The van der Waals surface area contributed by atoms with E-state index < -0.39 is 0 Å². The summed E-state index contributed by atoms with van der Waals surface area (Å²) in [7, 11) is 4.09. The van der Waals surface area contributed by atoms with Crippen LogP contribution in [0.15, 0.2) is 24.3 Å². The fraction of sp³-hybridized carbons (Fsp3) is 0.364. The summed E-state index contributed by atoms with van der Waals surface area (Å²) in [5, 5.41) is 0. The van der Waals surface area contributed by atoms with Gasteiger partial charge in [-0.25, -0.2) is 0 Å². The third-order valence-corrected chi connectivity index (χ3v) is 1.55. The van der Waals surface area contributed by atoms with Crippen LogP contribution < -0.4 is 4.90 Å². The number of nitrogens with zero attached hydrogens (tertiary/aromatic N) is 1. The first kappa shape index (κ1) is 11.7. The molecule has 0 aliphatic rings. The fourth-order valence-corrected chi connectivity index (χ4v) is 0.843. The molecule has 0 radical (unpaired) electrons. The van der Waals surface area contributed by atoms with E-state index in [0.29, 0.717) is 0 Å². The molecule has 0 aliphatic carbocycles. The summed E-state index contributed by atoms with van der Waals surface area (Å²) >= 11 is 0. The zero-order chi connectivity index (χ0) is 10.3. The lowest BCUT2D eigenvalue weighted by molar-refractivity contribution is -0.106. The predicted molar refractivity (Wildman–Crippen MR) is 57.2 cm³/mol. The topological polar surface area (TPSA) is 20.3 Å². The minimum Gasteiger partial charge on any atom is -0.378 e. The highest BCUT2D eigenvalue weighted by Gasteiger charge is 1.90. The van der Waals surface area contributed by atoms with Crippen molar-refractivity contribution in [2.45, 2.75) is 13.8 Å². The number of hydrogen-bond donors (Lipinski definition) is 0. The number of benzene rings is 1. The van der Waals surface area contributed by atoms with Gasteiger partial charge in [0.15, 0.2) is 0 Å². The summed E-state index contributed by atoms with van der Waals surface area (Å²) in [6, 6.07) is 8.48. The van der Waals surface area contributed by atoms with Crippen molar-refractivity contribution in [3.63, 3.8) is 0 Å². The minimum absolute atomic E-state index is 0.750. The number of carbonyl (C=O) groups excluding carboxylic acids is 1. The molecule has 1 rings (SSSR count). The largest absolute Gasteiger partial charge is 0.378 e. The Morgan fingerprint density at radius 3 is 1.85 bits per heavy atom. The number of anilines is 1. The molecule has 0 N–H and O–H groups in total. The molecule has 0 spiro atoms. The molecule has 0 atom stereocenters. The maximum absolute atomic E-state index is 8.81. The average molecular weight is 179 g/mol. The van der Waals surface area contributed by atoms with Crippen molar-refractivity contribution >= 4 is 12.0 Å². The Morgan fingerprint density at radius 2 is 1.54 bits per heavy atom. The van der Waals surface area contributed by atoms with Crippen LogP contribution in [0, 0.1) is 6.92 Å². The van der Waals surface area contributed by atoms with E-state index in [1.165, 1.54) is 18.2 Å². The van der Waals surface area contributed by atoms with Crippen LogP contribution in [0.1, 0.15) is 12.5 Å². The lowest BCUT2D eigenvalue weighted by Crippen LogP contribution is -2.07. The molecule has 13 heavy (non-hydrogen) atoms. The van der Waals surface area contributed by atoms with Crippen LogP contribution in [0.2, 0.25) is 0 Å². The van der Waals surface area contributed by atoms with Gasteiger partial charge in [-0.3, -0.25) is 0 Å². The van der Waals surface area contributed by atoms with Crippen molar-refractivity contribution in [1.29, 1.82) is 0 Å². The van der Waals surface area contributed by atoms with Crippen LogP contribution >= 0.6 is 0 Å². The van der Waals surface area contributed by atoms with E-state index in [-0.39, 0.29) is 0 Å². The summed E-state index contributed by atoms with van der Waals surface area (Å²) in [6.45, 7) is 3.54. The minimum atomic E-state index is 0.750. The van der Waals surface area contributed by atoms with Crippen LogP contribution in [0.4, 0.5) is 5.69 Å². The Balaban J connectivity index is 0.000000424. The van der Waals surface area contributed by atoms with Crippen LogP contribution in [0.25, 0.3) is 0 Å². The molecule has 0 fully saturated rings. The lowest BCUT2D eigenvalue weighted by Gasteiger charge is -2.11. The number of carbonyl (C=O) groups is 1. The van der Waals surface area contributed by atoms with Gasteiger partial charge in [-0.2, -0.15) is 0 Å². The van der Waals surface area contributed by atoms with Crippen molar-refractivity contribution in [1.82, 2.24) is 0 Å². The summed E-state index contributed by atoms with van der Waals surface area (Å²) in [6.07, 6.45) is 0.750. The Labute approximate surface area is 80.2 Å². The maximum atomic E-state index is 8.81. The van der Waals surface area contributed by atoms with E-state index in [2.05, 4.69) is 36.1 Å². The van der Waals surface area contributed by atoms with Gasteiger partial charge in [0.25, 0.3) is 0 Å². The molecule has 0 heterocycles. The molecule has 72 valence electrons. The van der Waals surface area contributed by atoms with Gasteiger partial charge in [-0.05, 0) is 26.0 Å². The Morgan fingerprint density at radius 1 is 1.15 bits per heavy atom. The van der Waals surface area contributed by atoms with Crippen LogP contribution in [-0.2, 0) is 4.79 Å². The Bertz CT molecular complexity index is 239. The van der Waals surface area contributed by atoms with E-state index in [1.807, 2.05) is 14.1 Å². The zero-order valence-electron chi connectivity index (χ0n) is 8.74. The molecule has 0 aliphatic heterocycles. The predicted octanol–water partition coefficient (Wildman–Crippen LogP) is 2.27. The maximum Gasteiger partial charge on any atom is 0.116 e. The Kier molecular flexibility index (Phi) is 5.60. The molecular formula is C11H17NO. The molecule has 1 aromatic carbocycles. The van der Waals surface area contributed by atoms with Crippen molar-refractivity contribution < 1.29 is 4.79 Å². The highest BCUT2D eigenvalue weighted by Crippen LogP contribution is 2.10. The van der Waals surface area contributed by atoms with Gasteiger partial charge in [-0.15, -0.1) is 0 Å². The first-order chi connectivity index (χ1) is 6.11. The van der Waals surface area contributed by atoms with Crippen molar-refractivity contribution in [3.8, 4) is 0 Å². The second-order valence-corrected chi connectivity index (χ2v) is 2.97. The number of hydrogen-bond acceptors (Lipinski definition) is 2. The van der Waals surface area contributed by atoms with Crippen LogP contribution in [-0.4, -0.2) is 20.4 Å². The van der Waals surface area contributed by atoms with Gasteiger partial charge in [-0.1, -0.05) is 17.7 Å². The molecule has 0 unspecified atom stereocenters. The summed E-state index contributed by atoms with van der Waals surface area (Å²) < 4.78 is 0. The molecule has 0 saturated carbocycles. The van der Waals surface area contributed by atoms with E-state index in [9.17, 15) is 0 Å². The molecule has 0 saturated heterocycles. The first-order valence-corrected chi connectivity index (χ1v) is 4.25. The van der Waals surface area contributed by atoms with Crippen LogP contribution in [0.5, 0.6) is 0 Å². The standard InChI is InChI=1S/C9H13N.C2H4O/c1-8-4-6-9(7-5-8)10(2)3;1-2-3/h4-7H,1-3H3;2H,1H3. The van der Waals surface area contributed by atoms with E-state index in [4.69, 9.17) is 4.79 Å². The normalized spacial score (nSPS) is 8.31. The molecule has 0 aromatic heterocycles. The van der Waals surface area contributed by atoms with E-state index in [1.54, 1.807) is 0 Å². The van der Waals surface area contributed by atoms with Gasteiger partial charge in [0.2, 0.25) is 0 Å². The SMILES string of the molecule is CC=O.Cc1ccc(N(C)C)cc1. The number of aryl methyl sites for hydroxylation is 1. The third kappa shape index (κ3) is 5.01. The number of aldehydes is 1. The van der Waals surface area contributed by atoms with E-state index in [0.717, 1.165) is 6.29 Å². The summed E-state index contributed by atoms with van der Waals surface area (Å²) in [4.78, 5) is 10.9. The average Bonchev–Trinajstić information content (AvgIpc) is 2.06.